The van der Waals surface area contributed by atoms with Crippen LogP contribution in [0.2, 0.25) is 0 Å². The second-order valence-electron chi connectivity index (χ2n) is 8.08. The van der Waals surface area contributed by atoms with E-state index in [1.54, 1.807) is 12.1 Å². The Balaban J connectivity index is 1.54. The van der Waals surface area contributed by atoms with Gasteiger partial charge in [0.25, 0.3) is 5.56 Å². The Hall–Kier alpha value is -3.60. The summed E-state index contributed by atoms with van der Waals surface area (Å²) < 4.78 is 19.7. The van der Waals surface area contributed by atoms with Gasteiger partial charge in [0.15, 0.2) is 0 Å². The van der Waals surface area contributed by atoms with Crippen molar-refractivity contribution in [3.8, 4) is 5.75 Å². The SMILES string of the molecule is CC1(C)c2nc(CC(=O)NCc3ccc(F)cc3)c(O)c(=O)n2CCN1Cc1nnco1. The molecule has 3 heterocycles. The number of fused-ring (bicyclic) bond motifs is 1. The average Bonchev–Trinajstić information content (AvgIpc) is 3.27. The highest BCUT2D eigenvalue weighted by Gasteiger charge is 2.38. The van der Waals surface area contributed by atoms with E-state index < -0.39 is 22.8 Å². The number of hydrogen-bond donors (Lipinski definition) is 2. The number of aromatic hydroxyl groups is 1. The zero-order chi connectivity index (χ0) is 22.9. The molecule has 0 aliphatic carbocycles. The van der Waals surface area contributed by atoms with Crippen LogP contribution in [0.1, 0.15) is 36.8 Å². The summed E-state index contributed by atoms with van der Waals surface area (Å²) in [7, 11) is 0. The molecule has 0 unspecified atom stereocenters. The van der Waals surface area contributed by atoms with Crippen LogP contribution in [0.5, 0.6) is 5.75 Å². The summed E-state index contributed by atoms with van der Waals surface area (Å²) in [4.78, 5) is 31.8. The molecular weight excluding hydrogens is 419 g/mol. The van der Waals surface area contributed by atoms with Crippen molar-refractivity contribution in [2.75, 3.05) is 6.54 Å². The molecule has 0 atom stereocenters. The molecule has 0 radical (unpaired) electrons. The largest absolute Gasteiger partial charge is 0.502 e. The molecule has 168 valence electrons. The Kier molecular flexibility index (Phi) is 5.74. The second kappa shape index (κ2) is 8.50. The van der Waals surface area contributed by atoms with Gasteiger partial charge in [0.05, 0.1) is 24.2 Å². The summed E-state index contributed by atoms with van der Waals surface area (Å²) in [6, 6.07) is 5.75. The molecule has 1 aliphatic rings. The van der Waals surface area contributed by atoms with Crippen LogP contribution in [0.15, 0.2) is 39.9 Å². The van der Waals surface area contributed by atoms with Gasteiger partial charge in [-0.25, -0.2) is 9.37 Å². The number of carbonyl (C=O) groups excluding carboxylic acids is 1. The fraction of sp³-hybridized carbons (Fsp3) is 0.381. The highest BCUT2D eigenvalue weighted by Crippen LogP contribution is 2.31. The number of halogens is 1. The van der Waals surface area contributed by atoms with E-state index in [4.69, 9.17) is 4.42 Å². The van der Waals surface area contributed by atoms with Crippen LogP contribution >= 0.6 is 0 Å². The third-order valence-electron chi connectivity index (χ3n) is 5.61. The van der Waals surface area contributed by atoms with E-state index in [2.05, 4.69) is 20.5 Å². The maximum absolute atomic E-state index is 13.0. The Labute approximate surface area is 182 Å². The normalized spacial score (nSPS) is 15.3. The standard InChI is InChI=1S/C21H23FN6O4/c1-21(2)20-25-15(9-16(29)23-10-13-3-5-14(22)6-4-13)18(30)19(31)28(20)8-7-27(21)11-17-26-24-12-32-17/h3-6,12,30H,7-11H2,1-2H3,(H,23,29). The van der Waals surface area contributed by atoms with E-state index in [1.807, 2.05) is 18.7 Å². The van der Waals surface area contributed by atoms with E-state index in [0.717, 1.165) is 5.56 Å². The number of rotatable bonds is 6. The highest BCUT2D eigenvalue weighted by atomic mass is 19.1. The fourth-order valence-electron chi connectivity index (χ4n) is 3.75. The number of benzene rings is 1. The number of amides is 1. The van der Waals surface area contributed by atoms with Crippen LogP contribution in [-0.2, 0) is 36.4 Å². The summed E-state index contributed by atoms with van der Waals surface area (Å²) in [6.45, 7) is 5.20. The molecule has 1 amide bonds. The summed E-state index contributed by atoms with van der Waals surface area (Å²) in [5, 5.41) is 20.7. The number of carbonyl (C=O) groups is 1. The third kappa shape index (κ3) is 4.24. The Morgan fingerprint density at radius 2 is 2.03 bits per heavy atom. The van der Waals surface area contributed by atoms with Crippen molar-refractivity contribution in [2.24, 2.45) is 0 Å². The van der Waals surface area contributed by atoms with Crippen molar-refractivity contribution in [3.63, 3.8) is 0 Å². The van der Waals surface area contributed by atoms with Crippen molar-refractivity contribution in [2.45, 2.75) is 45.4 Å². The number of nitrogens with zero attached hydrogens (tertiary/aromatic N) is 5. The van der Waals surface area contributed by atoms with E-state index in [9.17, 15) is 19.1 Å². The first-order valence-electron chi connectivity index (χ1n) is 10.1. The maximum Gasteiger partial charge on any atom is 0.296 e. The topological polar surface area (TPSA) is 126 Å². The predicted octanol–water partition coefficient (Wildman–Crippen LogP) is 1.08. The molecule has 2 N–H and O–H groups in total. The van der Waals surface area contributed by atoms with Crippen molar-refractivity contribution < 1.29 is 18.7 Å². The van der Waals surface area contributed by atoms with Gasteiger partial charge in [0, 0.05) is 19.6 Å². The minimum Gasteiger partial charge on any atom is -0.502 e. The number of hydrogen-bond acceptors (Lipinski definition) is 8. The lowest BCUT2D eigenvalue weighted by atomic mass is 9.98. The van der Waals surface area contributed by atoms with E-state index >= 15 is 0 Å². The zero-order valence-electron chi connectivity index (χ0n) is 17.7. The van der Waals surface area contributed by atoms with Crippen LogP contribution in [0.3, 0.4) is 0 Å². The Morgan fingerprint density at radius 1 is 1.28 bits per heavy atom. The van der Waals surface area contributed by atoms with Gasteiger partial charge in [-0.15, -0.1) is 10.2 Å². The molecule has 1 aromatic carbocycles. The molecule has 0 fully saturated rings. The van der Waals surface area contributed by atoms with Crippen LogP contribution < -0.4 is 10.9 Å². The van der Waals surface area contributed by atoms with Crippen LogP contribution in [0.25, 0.3) is 0 Å². The van der Waals surface area contributed by atoms with Gasteiger partial charge in [-0.05, 0) is 31.5 Å². The summed E-state index contributed by atoms with van der Waals surface area (Å²) in [6.07, 6.45) is 0.986. The molecule has 0 saturated carbocycles. The highest BCUT2D eigenvalue weighted by molar-refractivity contribution is 5.78. The van der Waals surface area contributed by atoms with Crippen molar-refractivity contribution >= 4 is 5.91 Å². The predicted molar refractivity (Wildman–Crippen MR) is 110 cm³/mol. The summed E-state index contributed by atoms with van der Waals surface area (Å²) in [5.74, 6) is -0.440. The van der Waals surface area contributed by atoms with Crippen molar-refractivity contribution in [3.05, 3.63) is 69.8 Å². The van der Waals surface area contributed by atoms with E-state index in [1.165, 1.54) is 23.1 Å². The van der Waals surface area contributed by atoms with Crippen molar-refractivity contribution in [1.29, 1.82) is 0 Å². The fourth-order valence-corrected chi connectivity index (χ4v) is 3.75. The quantitative estimate of drug-likeness (QED) is 0.581. The van der Waals surface area contributed by atoms with Crippen LogP contribution in [-0.4, -0.2) is 42.2 Å². The molecule has 11 heteroatoms. The van der Waals surface area contributed by atoms with Gasteiger partial charge in [0.1, 0.15) is 11.6 Å². The molecular formula is C21H23FN6O4. The van der Waals surface area contributed by atoms with Crippen LogP contribution in [0.4, 0.5) is 4.39 Å². The second-order valence-corrected chi connectivity index (χ2v) is 8.08. The Morgan fingerprint density at radius 3 is 2.72 bits per heavy atom. The van der Waals surface area contributed by atoms with E-state index in [0.29, 0.717) is 31.3 Å². The monoisotopic (exact) mass is 442 g/mol. The van der Waals surface area contributed by atoms with E-state index in [-0.39, 0.29) is 24.5 Å². The lowest BCUT2D eigenvalue weighted by molar-refractivity contribution is -0.120. The minimum atomic E-state index is -0.696. The third-order valence-corrected chi connectivity index (χ3v) is 5.61. The average molecular weight is 442 g/mol. The lowest BCUT2D eigenvalue weighted by Gasteiger charge is -2.42. The lowest BCUT2D eigenvalue weighted by Crippen LogP contribution is -2.52. The van der Waals surface area contributed by atoms with Gasteiger partial charge in [0.2, 0.25) is 23.9 Å². The molecule has 4 rings (SSSR count). The van der Waals surface area contributed by atoms with Gasteiger partial charge < -0.3 is 14.8 Å². The van der Waals surface area contributed by atoms with Gasteiger partial charge in [-0.1, -0.05) is 12.1 Å². The zero-order valence-corrected chi connectivity index (χ0v) is 17.7. The van der Waals surface area contributed by atoms with Gasteiger partial charge >= 0.3 is 0 Å². The van der Waals surface area contributed by atoms with Crippen LogP contribution in [0, 0.1) is 5.82 Å². The number of nitrogens with one attached hydrogen (secondary N) is 1. The molecule has 1 aliphatic heterocycles. The molecule has 10 nitrogen and oxygen atoms in total. The Bertz CT molecular complexity index is 1170. The molecule has 3 aromatic rings. The molecule has 32 heavy (non-hydrogen) atoms. The number of aromatic nitrogens is 4. The summed E-state index contributed by atoms with van der Waals surface area (Å²) in [5.41, 5.74) is -0.550. The van der Waals surface area contributed by atoms with Crippen molar-refractivity contribution in [1.82, 2.24) is 30.0 Å². The van der Waals surface area contributed by atoms with Gasteiger partial charge in [-0.2, -0.15) is 0 Å². The molecule has 0 spiro atoms. The summed E-state index contributed by atoms with van der Waals surface area (Å²) >= 11 is 0. The first-order chi connectivity index (χ1) is 15.3. The maximum atomic E-state index is 13.0. The molecule has 0 bridgehead atoms. The first-order valence-corrected chi connectivity index (χ1v) is 10.1. The van der Waals surface area contributed by atoms with Gasteiger partial charge in [-0.3, -0.25) is 19.1 Å². The first kappa shape index (κ1) is 21.6. The molecule has 0 saturated heterocycles. The minimum absolute atomic E-state index is 0.00516. The smallest absolute Gasteiger partial charge is 0.296 e. The molecule has 2 aromatic heterocycles.